The van der Waals surface area contributed by atoms with Crippen LogP contribution in [-0.2, 0) is 0 Å². The van der Waals surface area contributed by atoms with Crippen LogP contribution in [0.3, 0.4) is 0 Å². The van der Waals surface area contributed by atoms with Crippen LogP contribution in [0.2, 0.25) is 0 Å². The number of benzene rings is 1. The lowest BCUT2D eigenvalue weighted by Gasteiger charge is -2.17. The minimum atomic E-state index is -0.147. The van der Waals surface area contributed by atoms with Crippen molar-refractivity contribution in [1.82, 2.24) is 5.32 Å². The Hall–Kier alpha value is -0.710. The maximum Gasteiger partial charge on any atom is 0.126 e. The van der Waals surface area contributed by atoms with Crippen molar-refractivity contribution >= 4 is 27.3 Å². The maximum atomic E-state index is 13.7. The minimum Gasteiger partial charge on any atom is -0.306 e. The molecule has 0 aliphatic carbocycles. The molecule has 2 rings (SSSR count). The summed E-state index contributed by atoms with van der Waals surface area (Å²) in [7, 11) is 0. The van der Waals surface area contributed by atoms with Gasteiger partial charge in [0.25, 0.3) is 0 Å². The van der Waals surface area contributed by atoms with Gasteiger partial charge in [0.2, 0.25) is 0 Å². The van der Waals surface area contributed by atoms with Gasteiger partial charge in [-0.25, -0.2) is 4.39 Å². The highest BCUT2D eigenvalue weighted by atomic mass is 79.9. The molecule has 0 bridgehead atoms. The van der Waals surface area contributed by atoms with Gasteiger partial charge in [-0.1, -0.05) is 19.1 Å². The zero-order valence-electron chi connectivity index (χ0n) is 10.3. The SMILES string of the molecule is CCNC(c1ccc(C)c(F)c1)c1ccc(Br)s1. The van der Waals surface area contributed by atoms with Gasteiger partial charge in [0, 0.05) is 4.88 Å². The number of halogens is 2. The van der Waals surface area contributed by atoms with Crippen LogP contribution >= 0.6 is 27.3 Å². The Morgan fingerprint density at radius 1 is 1.33 bits per heavy atom. The lowest BCUT2D eigenvalue weighted by atomic mass is 10.0. The second-order valence-electron chi connectivity index (χ2n) is 4.14. The first-order valence-electron chi connectivity index (χ1n) is 5.86. The van der Waals surface area contributed by atoms with Crippen molar-refractivity contribution in [2.24, 2.45) is 0 Å². The van der Waals surface area contributed by atoms with E-state index in [0.717, 1.165) is 15.9 Å². The van der Waals surface area contributed by atoms with E-state index in [-0.39, 0.29) is 11.9 Å². The van der Waals surface area contributed by atoms with Crippen molar-refractivity contribution in [2.75, 3.05) is 6.54 Å². The average Bonchev–Trinajstić information content (AvgIpc) is 2.76. The quantitative estimate of drug-likeness (QED) is 0.861. The summed E-state index contributed by atoms with van der Waals surface area (Å²) >= 11 is 5.14. The zero-order valence-corrected chi connectivity index (χ0v) is 12.7. The molecule has 18 heavy (non-hydrogen) atoms. The Morgan fingerprint density at radius 2 is 2.11 bits per heavy atom. The molecule has 0 saturated heterocycles. The molecule has 0 aliphatic heterocycles. The number of hydrogen-bond donors (Lipinski definition) is 1. The van der Waals surface area contributed by atoms with E-state index in [2.05, 4.69) is 34.2 Å². The Bertz CT molecular complexity index is 538. The number of aryl methyl sites for hydroxylation is 1. The largest absolute Gasteiger partial charge is 0.306 e. The lowest BCUT2D eigenvalue weighted by molar-refractivity contribution is 0.600. The molecule has 0 radical (unpaired) electrons. The molecule has 1 N–H and O–H groups in total. The Morgan fingerprint density at radius 3 is 2.67 bits per heavy atom. The summed E-state index contributed by atoms with van der Waals surface area (Å²) in [6.07, 6.45) is 0. The minimum absolute atomic E-state index is 0.0569. The van der Waals surface area contributed by atoms with Gasteiger partial charge in [-0.3, -0.25) is 0 Å². The first kappa shape index (κ1) is 13.7. The van der Waals surface area contributed by atoms with Crippen molar-refractivity contribution in [1.29, 1.82) is 0 Å². The molecular weight excluding hydrogens is 313 g/mol. The van der Waals surface area contributed by atoms with Gasteiger partial charge in [-0.15, -0.1) is 11.3 Å². The normalized spacial score (nSPS) is 12.7. The fourth-order valence-corrected chi connectivity index (χ4v) is 3.39. The Labute approximate surface area is 119 Å². The smallest absolute Gasteiger partial charge is 0.126 e. The monoisotopic (exact) mass is 327 g/mol. The Balaban J connectivity index is 2.37. The van der Waals surface area contributed by atoms with Crippen LogP contribution in [-0.4, -0.2) is 6.54 Å². The fourth-order valence-electron chi connectivity index (χ4n) is 1.86. The number of hydrogen-bond acceptors (Lipinski definition) is 2. The molecule has 96 valence electrons. The summed E-state index contributed by atoms with van der Waals surface area (Å²) in [6.45, 7) is 4.68. The highest BCUT2D eigenvalue weighted by molar-refractivity contribution is 9.11. The van der Waals surface area contributed by atoms with Crippen LogP contribution in [0.5, 0.6) is 0 Å². The first-order valence-corrected chi connectivity index (χ1v) is 7.47. The van der Waals surface area contributed by atoms with E-state index in [1.807, 2.05) is 18.2 Å². The van der Waals surface area contributed by atoms with E-state index < -0.39 is 0 Å². The molecule has 4 heteroatoms. The van der Waals surface area contributed by atoms with E-state index in [1.54, 1.807) is 24.3 Å². The van der Waals surface area contributed by atoms with Crippen LogP contribution < -0.4 is 5.32 Å². The molecule has 1 heterocycles. The van der Waals surface area contributed by atoms with Crippen LogP contribution in [0.1, 0.15) is 29.0 Å². The van der Waals surface area contributed by atoms with Gasteiger partial charge in [0.1, 0.15) is 5.82 Å². The fraction of sp³-hybridized carbons (Fsp3) is 0.286. The van der Waals surface area contributed by atoms with Crippen molar-refractivity contribution in [3.05, 3.63) is 55.9 Å². The van der Waals surface area contributed by atoms with Gasteiger partial charge in [0.15, 0.2) is 0 Å². The summed E-state index contributed by atoms with van der Waals surface area (Å²) in [4.78, 5) is 1.19. The molecular formula is C14H15BrFNS. The van der Waals surface area contributed by atoms with E-state index in [1.165, 1.54) is 4.88 Å². The van der Waals surface area contributed by atoms with Crippen molar-refractivity contribution in [3.63, 3.8) is 0 Å². The molecule has 1 nitrogen and oxygen atoms in total. The third kappa shape index (κ3) is 2.99. The van der Waals surface area contributed by atoms with E-state index in [4.69, 9.17) is 0 Å². The average molecular weight is 328 g/mol. The number of nitrogens with one attached hydrogen (secondary N) is 1. The molecule has 0 fully saturated rings. The standard InChI is InChI=1S/C14H15BrFNS/c1-3-17-14(12-6-7-13(15)18-12)10-5-4-9(2)11(16)8-10/h4-8,14,17H,3H2,1-2H3. The zero-order chi connectivity index (χ0) is 13.1. The Kier molecular flexibility index (Phi) is 4.54. The van der Waals surface area contributed by atoms with Gasteiger partial charge in [-0.05, 0) is 58.7 Å². The molecule has 0 spiro atoms. The highest BCUT2D eigenvalue weighted by Crippen LogP contribution is 2.31. The molecule has 1 aromatic heterocycles. The van der Waals surface area contributed by atoms with E-state index >= 15 is 0 Å². The van der Waals surface area contributed by atoms with Crippen LogP contribution in [0.25, 0.3) is 0 Å². The van der Waals surface area contributed by atoms with Gasteiger partial charge < -0.3 is 5.32 Å². The third-order valence-corrected chi connectivity index (χ3v) is 4.50. The number of thiophene rings is 1. The van der Waals surface area contributed by atoms with E-state index in [9.17, 15) is 4.39 Å². The summed E-state index contributed by atoms with van der Waals surface area (Å²) in [5.74, 6) is -0.147. The predicted octanol–water partition coefficient (Wildman–Crippen LogP) is 4.66. The van der Waals surface area contributed by atoms with Gasteiger partial charge >= 0.3 is 0 Å². The highest BCUT2D eigenvalue weighted by Gasteiger charge is 2.16. The molecule has 0 saturated carbocycles. The molecule has 0 aliphatic rings. The summed E-state index contributed by atoms with van der Waals surface area (Å²) in [5.41, 5.74) is 1.65. The van der Waals surface area contributed by atoms with Crippen LogP contribution in [0, 0.1) is 12.7 Å². The molecule has 0 amide bonds. The summed E-state index contributed by atoms with van der Waals surface area (Å²) < 4.78 is 14.8. The molecule has 1 unspecified atom stereocenters. The maximum absolute atomic E-state index is 13.7. The van der Waals surface area contributed by atoms with Crippen molar-refractivity contribution < 1.29 is 4.39 Å². The summed E-state index contributed by atoms with van der Waals surface area (Å²) in [6, 6.07) is 9.59. The van der Waals surface area contributed by atoms with Gasteiger partial charge in [-0.2, -0.15) is 0 Å². The predicted molar refractivity (Wildman–Crippen MR) is 78.7 cm³/mol. The second-order valence-corrected chi connectivity index (χ2v) is 6.64. The van der Waals surface area contributed by atoms with Crippen molar-refractivity contribution in [2.45, 2.75) is 19.9 Å². The molecule has 1 atom stereocenters. The topological polar surface area (TPSA) is 12.0 Å². The van der Waals surface area contributed by atoms with E-state index in [0.29, 0.717) is 5.56 Å². The second kappa shape index (κ2) is 5.95. The molecule has 2 aromatic rings. The first-order chi connectivity index (χ1) is 8.61. The van der Waals surface area contributed by atoms with Crippen molar-refractivity contribution in [3.8, 4) is 0 Å². The van der Waals surface area contributed by atoms with Crippen LogP contribution in [0.4, 0.5) is 4.39 Å². The lowest BCUT2D eigenvalue weighted by Crippen LogP contribution is -2.21. The van der Waals surface area contributed by atoms with Crippen LogP contribution in [0.15, 0.2) is 34.1 Å². The van der Waals surface area contributed by atoms with Gasteiger partial charge in [0.05, 0.1) is 9.83 Å². The third-order valence-electron chi connectivity index (χ3n) is 2.82. The number of rotatable bonds is 4. The molecule has 1 aromatic carbocycles. The summed E-state index contributed by atoms with van der Waals surface area (Å²) in [5, 5.41) is 3.40.